The number of nitrogens with one attached hydrogen (secondary N) is 1. The molecule has 0 aliphatic heterocycles. The van der Waals surface area contributed by atoms with Gasteiger partial charge in [-0.15, -0.1) is 0 Å². The van der Waals surface area contributed by atoms with Gasteiger partial charge in [-0.05, 0) is 26.1 Å². The minimum absolute atomic E-state index is 0.0939. The fraction of sp³-hybridized carbons (Fsp3) is 0.455. The number of halogens is 1. The highest BCUT2D eigenvalue weighted by molar-refractivity contribution is 5.31. The van der Waals surface area contributed by atoms with E-state index in [-0.39, 0.29) is 5.56 Å². The molecular formula is C11H16FNO3. The number of phenolic OH excluding ortho intramolecular Hbond substituents is 1. The van der Waals surface area contributed by atoms with E-state index in [1.165, 1.54) is 18.2 Å². The second kappa shape index (κ2) is 5.79. The molecule has 0 aliphatic carbocycles. The Morgan fingerprint density at radius 1 is 1.38 bits per heavy atom. The molecule has 1 rings (SSSR count). The fourth-order valence-corrected chi connectivity index (χ4v) is 1.42. The normalized spacial score (nSPS) is 14.8. The number of aliphatic hydroxyl groups is 2. The number of rotatable bonds is 5. The minimum atomic E-state index is -1.33. The number of benzene rings is 1. The molecule has 0 heterocycles. The number of aliphatic hydroxyl groups excluding tert-OH is 2. The summed E-state index contributed by atoms with van der Waals surface area (Å²) in [6, 6.07) is 3.94. The predicted molar refractivity (Wildman–Crippen MR) is 57.6 cm³/mol. The number of aromatic hydroxyl groups is 1. The highest BCUT2D eigenvalue weighted by Gasteiger charge is 2.22. The third-order valence-electron chi connectivity index (χ3n) is 2.38. The smallest absolute Gasteiger partial charge is 0.170 e. The Hall–Kier alpha value is -1.17. The van der Waals surface area contributed by atoms with Crippen LogP contribution in [0.1, 0.15) is 18.1 Å². The summed E-state index contributed by atoms with van der Waals surface area (Å²) in [5, 5.41) is 31.2. The van der Waals surface area contributed by atoms with E-state index in [1.54, 1.807) is 7.05 Å². The van der Waals surface area contributed by atoms with Gasteiger partial charge in [-0.25, -0.2) is 4.39 Å². The van der Waals surface area contributed by atoms with Gasteiger partial charge in [-0.2, -0.15) is 0 Å². The van der Waals surface area contributed by atoms with E-state index in [1.807, 2.05) is 0 Å². The molecule has 0 spiro atoms. The van der Waals surface area contributed by atoms with Gasteiger partial charge in [0, 0.05) is 5.56 Å². The molecular weight excluding hydrogens is 213 g/mol. The summed E-state index contributed by atoms with van der Waals surface area (Å²) < 4.78 is 13.4. The number of hydrogen-bond donors (Lipinski definition) is 4. The van der Waals surface area contributed by atoms with Gasteiger partial charge in [0.25, 0.3) is 0 Å². The first kappa shape index (κ1) is 12.9. The average Bonchev–Trinajstić information content (AvgIpc) is 2.28. The van der Waals surface area contributed by atoms with Gasteiger partial charge in [0.05, 0.1) is 6.10 Å². The van der Waals surface area contributed by atoms with Crippen molar-refractivity contribution in [3.63, 3.8) is 0 Å². The standard InChI is InChI=1S/C11H16FNO3/c1-13-6-5-9(15)11(16)7-3-2-4-8(14)10(7)12/h2-4,9,11,13-16H,5-6H2,1H3. The number of hydrogen-bond acceptors (Lipinski definition) is 4. The first-order chi connectivity index (χ1) is 7.57. The van der Waals surface area contributed by atoms with Crippen molar-refractivity contribution in [2.75, 3.05) is 13.6 Å². The molecule has 0 aliphatic rings. The van der Waals surface area contributed by atoms with Crippen molar-refractivity contribution in [2.24, 2.45) is 0 Å². The predicted octanol–water partition coefficient (Wildman–Crippen LogP) is 0.535. The molecule has 4 nitrogen and oxygen atoms in total. The lowest BCUT2D eigenvalue weighted by atomic mass is 10.0. The van der Waals surface area contributed by atoms with Crippen LogP contribution in [-0.2, 0) is 0 Å². The summed E-state index contributed by atoms with van der Waals surface area (Å²) in [5.74, 6) is -1.42. The first-order valence-corrected chi connectivity index (χ1v) is 5.06. The Morgan fingerprint density at radius 3 is 2.69 bits per heavy atom. The quantitative estimate of drug-likeness (QED) is 0.594. The van der Waals surface area contributed by atoms with E-state index in [4.69, 9.17) is 5.11 Å². The lowest BCUT2D eigenvalue weighted by molar-refractivity contribution is 0.0118. The molecule has 0 saturated heterocycles. The van der Waals surface area contributed by atoms with Crippen LogP contribution in [0.2, 0.25) is 0 Å². The van der Waals surface area contributed by atoms with Crippen LogP contribution in [0.25, 0.3) is 0 Å². The molecule has 0 bridgehead atoms. The van der Waals surface area contributed by atoms with E-state index < -0.39 is 23.8 Å². The molecule has 5 heteroatoms. The zero-order chi connectivity index (χ0) is 12.1. The molecule has 0 saturated carbocycles. The summed E-state index contributed by atoms with van der Waals surface area (Å²) in [6.07, 6.45) is -2.10. The lowest BCUT2D eigenvalue weighted by Crippen LogP contribution is -2.24. The molecule has 0 aromatic heterocycles. The zero-order valence-corrected chi connectivity index (χ0v) is 9.02. The zero-order valence-electron chi connectivity index (χ0n) is 9.02. The topological polar surface area (TPSA) is 72.7 Å². The lowest BCUT2D eigenvalue weighted by Gasteiger charge is -2.18. The summed E-state index contributed by atoms with van der Waals surface area (Å²) in [7, 11) is 1.72. The van der Waals surface area contributed by atoms with Gasteiger partial charge >= 0.3 is 0 Å². The Kier molecular flexibility index (Phi) is 4.67. The van der Waals surface area contributed by atoms with Crippen molar-refractivity contribution >= 4 is 0 Å². The van der Waals surface area contributed by atoms with Crippen LogP contribution in [0, 0.1) is 5.82 Å². The van der Waals surface area contributed by atoms with Crippen LogP contribution in [-0.4, -0.2) is 35.0 Å². The summed E-state index contributed by atoms with van der Waals surface area (Å²) in [4.78, 5) is 0. The average molecular weight is 229 g/mol. The van der Waals surface area contributed by atoms with Crippen LogP contribution in [0.4, 0.5) is 4.39 Å². The monoisotopic (exact) mass is 229 g/mol. The van der Waals surface area contributed by atoms with E-state index >= 15 is 0 Å². The molecule has 2 atom stereocenters. The second-order valence-corrected chi connectivity index (χ2v) is 3.58. The maximum atomic E-state index is 13.4. The van der Waals surface area contributed by atoms with Crippen LogP contribution in [0.3, 0.4) is 0 Å². The van der Waals surface area contributed by atoms with E-state index in [2.05, 4.69) is 5.32 Å². The molecule has 16 heavy (non-hydrogen) atoms. The third kappa shape index (κ3) is 2.91. The Labute approximate surface area is 93.4 Å². The van der Waals surface area contributed by atoms with Gasteiger partial charge in [0.2, 0.25) is 0 Å². The van der Waals surface area contributed by atoms with Gasteiger partial charge in [-0.3, -0.25) is 0 Å². The molecule has 90 valence electrons. The van der Waals surface area contributed by atoms with Crippen LogP contribution in [0.5, 0.6) is 5.75 Å². The molecule has 2 unspecified atom stereocenters. The Morgan fingerprint density at radius 2 is 2.06 bits per heavy atom. The summed E-state index contributed by atoms with van der Waals surface area (Å²) in [6.45, 7) is 0.513. The van der Waals surface area contributed by atoms with Crippen molar-refractivity contribution in [1.82, 2.24) is 5.32 Å². The van der Waals surface area contributed by atoms with E-state index in [0.29, 0.717) is 13.0 Å². The fourth-order valence-electron chi connectivity index (χ4n) is 1.42. The highest BCUT2D eigenvalue weighted by atomic mass is 19.1. The summed E-state index contributed by atoms with van der Waals surface area (Å²) in [5.41, 5.74) is -0.0939. The molecule has 1 aromatic carbocycles. The van der Waals surface area contributed by atoms with Gasteiger partial charge in [0.15, 0.2) is 11.6 Å². The third-order valence-corrected chi connectivity index (χ3v) is 2.38. The Balaban J connectivity index is 2.79. The maximum absolute atomic E-state index is 13.4. The van der Waals surface area contributed by atoms with Crippen molar-refractivity contribution in [3.8, 4) is 5.75 Å². The van der Waals surface area contributed by atoms with E-state index in [9.17, 15) is 14.6 Å². The molecule has 4 N–H and O–H groups in total. The Bertz CT molecular complexity index is 346. The molecule has 0 amide bonds. The van der Waals surface area contributed by atoms with Gasteiger partial charge < -0.3 is 20.6 Å². The first-order valence-electron chi connectivity index (χ1n) is 5.06. The molecule has 1 aromatic rings. The van der Waals surface area contributed by atoms with Crippen LogP contribution >= 0.6 is 0 Å². The maximum Gasteiger partial charge on any atom is 0.170 e. The van der Waals surface area contributed by atoms with Gasteiger partial charge in [0.1, 0.15) is 6.10 Å². The van der Waals surface area contributed by atoms with Crippen LogP contribution < -0.4 is 5.32 Å². The van der Waals surface area contributed by atoms with Crippen LogP contribution in [0.15, 0.2) is 18.2 Å². The number of phenols is 1. The highest BCUT2D eigenvalue weighted by Crippen LogP contribution is 2.26. The molecule has 0 radical (unpaired) electrons. The summed E-state index contributed by atoms with van der Waals surface area (Å²) >= 11 is 0. The van der Waals surface area contributed by atoms with E-state index in [0.717, 1.165) is 0 Å². The molecule has 0 fully saturated rings. The van der Waals surface area contributed by atoms with Crippen molar-refractivity contribution in [3.05, 3.63) is 29.6 Å². The van der Waals surface area contributed by atoms with Crippen molar-refractivity contribution in [2.45, 2.75) is 18.6 Å². The SMILES string of the molecule is CNCCC(O)C(O)c1cccc(O)c1F. The minimum Gasteiger partial charge on any atom is -0.505 e. The van der Waals surface area contributed by atoms with Gasteiger partial charge in [-0.1, -0.05) is 12.1 Å². The largest absolute Gasteiger partial charge is 0.505 e. The second-order valence-electron chi connectivity index (χ2n) is 3.58. The van der Waals surface area contributed by atoms with Crippen molar-refractivity contribution < 1.29 is 19.7 Å². The van der Waals surface area contributed by atoms with Crippen molar-refractivity contribution in [1.29, 1.82) is 0 Å².